The van der Waals surface area contributed by atoms with Crippen molar-refractivity contribution in [3.05, 3.63) is 53.2 Å². The molecule has 164 valence electrons. The summed E-state index contributed by atoms with van der Waals surface area (Å²) in [6.45, 7) is 13.9. The van der Waals surface area contributed by atoms with Crippen LogP contribution in [0.25, 0.3) is 17.3 Å². The summed E-state index contributed by atoms with van der Waals surface area (Å²) in [5.74, 6) is 0. The zero-order valence-corrected chi connectivity index (χ0v) is 18.9. The number of piperazine rings is 1. The van der Waals surface area contributed by atoms with Gasteiger partial charge in [-0.05, 0) is 44.0 Å². The molecule has 5 heteroatoms. The van der Waals surface area contributed by atoms with Gasteiger partial charge >= 0.3 is 0 Å². The Morgan fingerprint density at radius 1 is 0.935 bits per heavy atom. The summed E-state index contributed by atoms with van der Waals surface area (Å²) in [6.07, 6.45) is 5.39. The molecule has 2 aromatic rings. The van der Waals surface area contributed by atoms with E-state index < -0.39 is 0 Å². The third-order valence-corrected chi connectivity index (χ3v) is 6.93. The van der Waals surface area contributed by atoms with Crippen molar-refractivity contribution in [2.24, 2.45) is 0 Å². The fourth-order valence-corrected chi connectivity index (χ4v) is 5.03. The normalized spacial score (nSPS) is 20.2. The van der Waals surface area contributed by atoms with Crippen LogP contribution in [-0.2, 0) is 11.2 Å². The molecule has 1 aromatic heterocycles. The molecule has 5 nitrogen and oxygen atoms in total. The Morgan fingerprint density at radius 3 is 2.39 bits per heavy atom. The average molecular weight is 419 g/mol. The number of benzene rings is 1. The fraction of sp³-hybridized carbons (Fsp3) is 0.500. The number of morpholine rings is 1. The lowest BCUT2D eigenvalue weighted by Gasteiger charge is -2.38. The van der Waals surface area contributed by atoms with Crippen molar-refractivity contribution in [1.82, 2.24) is 14.8 Å². The van der Waals surface area contributed by atoms with E-state index in [9.17, 15) is 0 Å². The van der Waals surface area contributed by atoms with Gasteiger partial charge < -0.3 is 9.64 Å². The van der Waals surface area contributed by atoms with E-state index in [0.29, 0.717) is 6.04 Å². The van der Waals surface area contributed by atoms with Crippen molar-refractivity contribution in [2.75, 3.05) is 63.9 Å². The van der Waals surface area contributed by atoms with E-state index in [1.54, 1.807) is 0 Å². The van der Waals surface area contributed by atoms with Crippen LogP contribution < -0.4 is 4.90 Å². The summed E-state index contributed by atoms with van der Waals surface area (Å²) in [5, 5.41) is 0. The summed E-state index contributed by atoms with van der Waals surface area (Å²) in [4.78, 5) is 12.3. The number of nitrogens with zero attached hydrogens (tertiary/aromatic N) is 4. The van der Waals surface area contributed by atoms with Crippen molar-refractivity contribution < 1.29 is 4.74 Å². The SMILES string of the molecule is CC(C)N1CCN(c2ccc(-c3nccc4c3C=C(CN3CCOCC3)C4)cc2)CC1. The third kappa shape index (κ3) is 4.54. The maximum Gasteiger partial charge on any atom is 0.0777 e. The van der Waals surface area contributed by atoms with Gasteiger partial charge in [0, 0.05) is 74.9 Å². The summed E-state index contributed by atoms with van der Waals surface area (Å²) >= 11 is 0. The number of rotatable bonds is 5. The Balaban J connectivity index is 1.30. The van der Waals surface area contributed by atoms with E-state index in [2.05, 4.69) is 65.0 Å². The molecule has 2 fully saturated rings. The average Bonchev–Trinajstić information content (AvgIpc) is 3.22. The van der Waals surface area contributed by atoms with Gasteiger partial charge in [0.15, 0.2) is 0 Å². The number of hydrogen-bond acceptors (Lipinski definition) is 5. The minimum absolute atomic E-state index is 0.636. The molecule has 0 amide bonds. The van der Waals surface area contributed by atoms with Gasteiger partial charge in [0.2, 0.25) is 0 Å². The molecule has 0 N–H and O–H groups in total. The van der Waals surface area contributed by atoms with E-state index >= 15 is 0 Å². The molecule has 5 rings (SSSR count). The summed E-state index contributed by atoms with van der Waals surface area (Å²) in [6, 6.07) is 11.9. The number of anilines is 1. The lowest BCUT2D eigenvalue weighted by atomic mass is 10.0. The number of aromatic nitrogens is 1. The molecule has 0 bridgehead atoms. The van der Waals surface area contributed by atoms with Crippen molar-refractivity contribution in [1.29, 1.82) is 0 Å². The zero-order valence-electron chi connectivity index (χ0n) is 18.9. The first-order chi connectivity index (χ1) is 15.2. The third-order valence-electron chi connectivity index (χ3n) is 6.93. The minimum Gasteiger partial charge on any atom is -0.379 e. The Labute approximate surface area is 186 Å². The van der Waals surface area contributed by atoms with Crippen LogP contribution in [0.5, 0.6) is 0 Å². The molecule has 0 atom stereocenters. The first kappa shape index (κ1) is 20.7. The largest absolute Gasteiger partial charge is 0.379 e. The summed E-state index contributed by atoms with van der Waals surface area (Å²) < 4.78 is 5.50. The molecule has 0 spiro atoms. The van der Waals surface area contributed by atoms with Crippen LogP contribution in [-0.4, -0.2) is 79.9 Å². The molecule has 0 unspecified atom stereocenters. The minimum atomic E-state index is 0.636. The van der Waals surface area contributed by atoms with Gasteiger partial charge in [0.05, 0.1) is 18.9 Å². The highest BCUT2D eigenvalue weighted by Crippen LogP contribution is 2.33. The first-order valence-electron chi connectivity index (χ1n) is 11.7. The number of pyridine rings is 1. The van der Waals surface area contributed by atoms with Gasteiger partial charge in [0.25, 0.3) is 0 Å². The van der Waals surface area contributed by atoms with Crippen LogP contribution in [0, 0.1) is 0 Å². The highest BCUT2D eigenvalue weighted by molar-refractivity contribution is 5.78. The van der Waals surface area contributed by atoms with Crippen LogP contribution in [0.2, 0.25) is 0 Å². The van der Waals surface area contributed by atoms with E-state index in [0.717, 1.165) is 71.1 Å². The Hall–Kier alpha value is -2.21. The van der Waals surface area contributed by atoms with E-state index in [1.165, 1.54) is 28.0 Å². The van der Waals surface area contributed by atoms with Crippen molar-refractivity contribution in [3.8, 4) is 11.3 Å². The highest BCUT2D eigenvalue weighted by Gasteiger charge is 2.22. The summed E-state index contributed by atoms with van der Waals surface area (Å²) in [7, 11) is 0. The predicted molar refractivity (Wildman–Crippen MR) is 128 cm³/mol. The highest BCUT2D eigenvalue weighted by atomic mass is 16.5. The molecule has 1 aliphatic carbocycles. The fourth-order valence-electron chi connectivity index (χ4n) is 5.03. The maximum atomic E-state index is 5.50. The molecule has 2 aliphatic heterocycles. The van der Waals surface area contributed by atoms with Crippen molar-refractivity contribution >= 4 is 11.8 Å². The predicted octanol–water partition coefficient (Wildman–Crippen LogP) is 3.55. The molecule has 2 saturated heterocycles. The second-order valence-electron chi connectivity index (χ2n) is 9.26. The smallest absolute Gasteiger partial charge is 0.0777 e. The van der Waals surface area contributed by atoms with Crippen molar-refractivity contribution in [2.45, 2.75) is 26.3 Å². The van der Waals surface area contributed by atoms with Crippen molar-refractivity contribution in [3.63, 3.8) is 0 Å². The standard InChI is InChI=1S/C26H34N4O/c1-20(2)29-9-11-30(12-10-29)24-5-3-22(4-6-24)26-25-18-21(17-23(25)7-8-27-26)19-28-13-15-31-16-14-28/h3-8,18,20H,9-17,19H2,1-2H3. The van der Waals surface area contributed by atoms with Gasteiger partial charge in [-0.2, -0.15) is 0 Å². The van der Waals surface area contributed by atoms with Crippen LogP contribution in [0.1, 0.15) is 25.0 Å². The van der Waals surface area contributed by atoms with E-state index in [-0.39, 0.29) is 0 Å². The van der Waals surface area contributed by atoms with Gasteiger partial charge in [-0.25, -0.2) is 0 Å². The Bertz CT molecular complexity index is 923. The lowest BCUT2D eigenvalue weighted by Crippen LogP contribution is -2.48. The molecule has 0 saturated carbocycles. The molecule has 3 aliphatic rings. The summed E-state index contributed by atoms with van der Waals surface area (Å²) in [5.41, 5.74) is 7.86. The lowest BCUT2D eigenvalue weighted by molar-refractivity contribution is 0.0422. The Kier molecular flexibility index (Phi) is 6.08. The van der Waals surface area contributed by atoms with Gasteiger partial charge in [-0.15, -0.1) is 0 Å². The number of hydrogen-bond donors (Lipinski definition) is 0. The monoisotopic (exact) mass is 418 g/mol. The molecule has 3 heterocycles. The topological polar surface area (TPSA) is 31.8 Å². The quantitative estimate of drug-likeness (QED) is 0.741. The second kappa shape index (κ2) is 9.11. The van der Waals surface area contributed by atoms with Gasteiger partial charge in [-0.3, -0.25) is 14.8 Å². The molecule has 1 aromatic carbocycles. The zero-order chi connectivity index (χ0) is 21.2. The molecule has 0 radical (unpaired) electrons. The molecule has 31 heavy (non-hydrogen) atoms. The van der Waals surface area contributed by atoms with E-state index in [1.807, 2.05) is 6.20 Å². The van der Waals surface area contributed by atoms with Gasteiger partial charge in [-0.1, -0.05) is 23.8 Å². The molecular formula is C26H34N4O. The van der Waals surface area contributed by atoms with Crippen LogP contribution >= 0.6 is 0 Å². The second-order valence-corrected chi connectivity index (χ2v) is 9.26. The van der Waals surface area contributed by atoms with Gasteiger partial charge in [0.1, 0.15) is 0 Å². The Morgan fingerprint density at radius 2 is 1.68 bits per heavy atom. The number of ether oxygens (including phenoxy) is 1. The van der Waals surface area contributed by atoms with Crippen LogP contribution in [0.15, 0.2) is 42.1 Å². The van der Waals surface area contributed by atoms with Crippen LogP contribution in [0.4, 0.5) is 5.69 Å². The van der Waals surface area contributed by atoms with E-state index in [4.69, 9.17) is 9.72 Å². The maximum absolute atomic E-state index is 5.50. The van der Waals surface area contributed by atoms with Crippen LogP contribution in [0.3, 0.4) is 0 Å². The number of fused-ring (bicyclic) bond motifs is 1. The first-order valence-corrected chi connectivity index (χ1v) is 11.7. The molecular weight excluding hydrogens is 384 g/mol.